The van der Waals surface area contributed by atoms with Crippen molar-refractivity contribution in [2.24, 2.45) is 0 Å². The molecular formula is C25H23Cl2N3O5. The third kappa shape index (κ3) is 4.06. The Morgan fingerprint density at radius 3 is 2.49 bits per heavy atom. The fraction of sp³-hybridized carbons (Fsp3) is 0.280. The number of benzene rings is 2. The molecule has 0 saturated heterocycles. The number of aromatic nitrogens is 2. The number of carbonyl (C=O) groups excluding carboxylic acids is 2. The first-order valence-corrected chi connectivity index (χ1v) is 11.6. The van der Waals surface area contributed by atoms with Crippen LogP contribution in [0.2, 0.25) is 10.0 Å². The van der Waals surface area contributed by atoms with Gasteiger partial charge in [0.05, 0.1) is 34.3 Å². The lowest BCUT2D eigenvalue weighted by Crippen LogP contribution is -2.42. The Labute approximate surface area is 211 Å². The van der Waals surface area contributed by atoms with Gasteiger partial charge in [0.25, 0.3) is 5.56 Å². The minimum absolute atomic E-state index is 0.0539. The SMILES string of the molecule is CCOC(=O)c1cn(-c2ccc3c(c2)N(C)C(=O)C3(C)C)c(=O)n(Cc2cccc(Cl)c2Cl)c1=O. The van der Waals surface area contributed by atoms with E-state index in [2.05, 4.69) is 0 Å². The summed E-state index contributed by atoms with van der Waals surface area (Å²) in [4.78, 5) is 53.5. The van der Waals surface area contributed by atoms with Crippen molar-refractivity contribution < 1.29 is 14.3 Å². The highest BCUT2D eigenvalue weighted by Crippen LogP contribution is 2.41. The number of fused-ring (bicyclic) bond motifs is 1. The number of hydrogen-bond donors (Lipinski definition) is 0. The van der Waals surface area contributed by atoms with E-state index in [9.17, 15) is 19.2 Å². The van der Waals surface area contributed by atoms with Crippen LogP contribution in [0.15, 0.2) is 52.2 Å². The van der Waals surface area contributed by atoms with Crippen LogP contribution in [0, 0.1) is 0 Å². The molecule has 182 valence electrons. The highest BCUT2D eigenvalue weighted by atomic mass is 35.5. The van der Waals surface area contributed by atoms with Crippen molar-refractivity contribution in [1.29, 1.82) is 0 Å². The third-order valence-corrected chi connectivity index (χ3v) is 7.02. The summed E-state index contributed by atoms with van der Waals surface area (Å²) in [6.45, 7) is 5.13. The van der Waals surface area contributed by atoms with Crippen molar-refractivity contribution in [1.82, 2.24) is 9.13 Å². The van der Waals surface area contributed by atoms with Crippen LogP contribution in [-0.2, 0) is 21.5 Å². The minimum atomic E-state index is -0.855. The van der Waals surface area contributed by atoms with E-state index in [0.717, 1.165) is 10.1 Å². The summed E-state index contributed by atoms with van der Waals surface area (Å²) in [5.74, 6) is -0.934. The number of rotatable bonds is 5. The lowest BCUT2D eigenvalue weighted by atomic mass is 9.86. The zero-order valence-electron chi connectivity index (χ0n) is 19.6. The van der Waals surface area contributed by atoms with Crippen molar-refractivity contribution in [3.8, 4) is 5.69 Å². The number of likely N-dealkylation sites (N-methyl/N-ethyl adjacent to an activating group) is 1. The third-order valence-electron chi connectivity index (χ3n) is 6.16. The Bertz CT molecular complexity index is 1490. The van der Waals surface area contributed by atoms with Gasteiger partial charge < -0.3 is 9.64 Å². The van der Waals surface area contributed by atoms with Gasteiger partial charge in [-0.1, -0.05) is 41.4 Å². The molecule has 4 rings (SSSR count). The molecule has 2 heterocycles. The predicted octanol–water partition coefficient (Wildman–Crippen LogP) is 3.79. The topological polar surface area (TPSA) is 90.6 Å². The van der Waals surface area contributed by atoms with E-state index in [1.165, 1.54) is 15.7 Å². The Hall–Kier alpha value is -3.36. The minimum Gasteiger partial charge on any atom is -0.462 e. The predicted molar refractivity (Wildman–Crippen MR) is 134 cm³/mol. The molecular weight excluding hydrogens is 493 g/mol. The average Bonchev–Trinajstić information content (AvgIpc) is 2.99. The molecule has 0 spiro atoms. The summed E-state index contributed by atoms with van der Waals surface area (Å²) >= 11 is 12.4. The van der Waals surface area contributed by atoms with E-state index in [1.807, 2.05) is 13.8 Å². The number of carbonyl (C=O) groups is 2. The number of esters is 1. The molecule has 2 aromatic carbocycles. The van der Waals surface area contributed by atoms with Gasteiger partial charge in [0.15, 0.2) is 0 Å². The smallest absolute Gasteiger partial charge is 0.345 e. The number of ether oxygens (including phenoxy) is 1. The van der Waals surface area contributed by atoms with E-state index < -0.39 is 22.6 Å². The normalized spacial score (nSPS) is 14.2. The first-order chi connectivity index (χ1) is 16.5. The summed E-state index contributed by atoms with van der Waals surface area (Å²) < 4.78 is 7.16. The number of nitrogens with zero attached hydrogens (tertiary/aromatic N) is 3. The maximum atomic E-state index is 13.5. The monoisotopic (exact) mass is 515 g/mol. The van der Waals surface area contributed by atoms with E-state index in [-0.39, 0.29) is 34.7 Å². The standard InChI is InChI=1S/C25H23Cl2N3O5/c1-5-35-22(32)16-13-29(15-9-10-17-19(11-15)28(4)23(33)25(17,2)3)24(34)30(21(16)31)12-14-7-6-8-18(26)20(14)27/h6-11,13H,5,12H2,1-4H3. The molecule has 0 atom stereocenters. The molecule has 35 heavy (non-hydrogen) atoms. The Balaban J connectivity index is 1.94. The van der Waals surface area contributed by atoms with Gasteiger partial charge in [0, 0.05) is 18.9 Å². The summed E-state index contributed by atoms with van der Waals surface area (Å²) in [5.41, 5.74) is -0.264. The van der Waals surface area contributed by atoms with E-state index in [4.69, 9.17) is 27.9 Å². The zero-order chi connectivity index (χ0) is 25.7. The second kappa shape index (κ2) is 9.02. The number of amides is 1. The molecule has 10 heteroatoms. The lowest BCUT2D eigenvalue weighted by Gasteiger charge is -2.16. The number of halogens is 2. The van der Waals surface area contributed by atoms with E-state index in [1.54, 1.807) is 50.4 Å². The van der Waals surface area contributed by atoms with Gasteiger partial charge in [0.1, 0.15) is 5.56 Å². The molecule has 0 saturated carbocycles. The number of anilines is 1. The fourth-order valence-corrected chi connectivity index (χ4v) is 4.62. The van der Waals surface area contributed by atoms with Crippen LogP contribution in [0.25, 0.3) is 5.69 Å². The van der Waals surface area contributed by atoms with Crippen LogP contribution in [0.5, 0.6) is 0 Å². The molecule has 0 N–H and O–H groups in total. The second-order valence-corrected chi connectivity index (χ2v) is 9.50. The Morgan fingerprint density at radius 2 is 1.80 bits per heavy atom. The Kier molecular flexibility index (Phi) is 6.38. The van der Waals surface area contributed by atoms with Gasteiger partial charge in [-0.2, -0.15) is 0 Å². The highest BCUT2D eigenvalue weighted by molar-refractivity contribution is 6.42. The maximum Gasteiger partial charge on any atom is 0.345 e. The molecule has 0 aliphatic carbocycles. The van der Waals surface area contributed by atoms with Crippen molar-refractivity contribution >= 4 is 40.8 Å². The molecule has 0 bridgehead atoms. The van der Waals surface area contributed by atoms with Gasteiger partial charge >= 0.3 is 11.7 Å². The van der Waals surface area contributed by atoms with Crippen molar-refractivity contribution in [2.75, 3.05) is 18.6 Å². The van der Waals surface area contributed by atoms with Crippen LogP contribution in [0.4, 0.5) is 5.69 Å². The van der Waals surface area contributed by atoms with Crippen LogP contribution < -0.4 is 16.1 Å². The van der Waals surface area contributed by atoms with Crippen LogP contribution >= 0.6 is 23.2 Å². The molecule has 1 aliphatic heterocycles. The molecule has 0 fully saturated rings. The van der Waals surface area contributed by atoms with Crippen molar-refractivity contribution in [3.05, 3.63) is 90.2 Å². The average molecular weight is 516 g/mol. The molecule has 1 aromatic heterocycles. The quantitative estimate of drug-likeness (QED) is 0.482. The largest absolute Gasteiger partial charge is 0.462 e. The zero-order valence-corrected chi connectivity index (χ0v) is 21.1. The van der Waals surface area contributed by atoms with Gasteiger partial charge in [-0.05, 0) is 50.1 Å². The van der Waals surface area contributed by atoms with E-state index >= 15 is 0 Å². The van der Waals surface area contributed by atoms with E-state index in [0.29, 0.717) is 16.9 Å². The van der Waals surface area contributed by atoms with Crippen LogP contribution in [-0.4, -0.2) is 34.7 Å². The second-order valence-electron chi connectivity index (χ2n) is 8.71. The van der Waals surface area contributed by atoms with Gasteiger partial charge in [-0.15, -0.1) is 0 Å². The van der Waals surface area contributed by atoms with Gasteiger partial charge in [0.2, 0.25) is 5.91 Å². The van der Waals surface area contributed by atoms with Gasteiger partial charge in [-0.3, -0.25) is 18.7 Å². The Morgan fingerprint density at radius 1 is 1.09 bits per heavy atom. The van der Waals surface area contributed by atoms with Crippen LogP contribution in [0.1, 0.15) is 42.3 Å². The van der Waals surface area contributed by atoms with Crippen LogP contribution in [0.3, 0.4) is 0 Å². The molecule has 0 unspecified atom stereocenters. The first-order valence-electron chi connectivity index (χ1n) is 10.9. The molecule has 3 aromatic rings. The first kappa shape index (κ1) is 24.8. The maximum absolute atomic E-state index is 13.5. The van der Waals surface area contributed by atoms with Crippen molar-refractivity contribution in [3.63, 3.8) is 0 Å². The summed E-state index contributed by atoms with van der Waals surface area (Å²) in [5, 5.41) is 0.474. The number of hydrogen-bond acceptors (Lipinski definition) is 5. The molecule has 1 amide bonds. The lowest BCUT2D eigenvalue weighted by molar-refractivity contribution is -0.121. The highest BCUT2D eigenvalue weighted by Gasteiger charge is 2.42. The summed E-state index contributed by atoms with van der Waals surface area (Å²) in [6.07, 6.45) is 1.17. The van der Waals surface area contributed by atoms with Gasteiger partial charge in [-0.25, -0.2) is 9.59 Å². The van der Waals surface area contributed by atoms with Crippen molar-refractivity contribution in [2.45, 2.75) is 32.7 Å². The summed E-state index contributed by atoms with van der Waals surface area (Å²) in [7, 11) is 1.66. The summed E-state index contributed by atoms with van der Waals surface area (Å²) in [6, 6.07) is 10.0. The molecule has 0 radical (unpaired) electrons. The molecule has 1 aliphatic rings. The fourth-order valence-electron chi connectivity index (χ4n) is 4.24. The molecule has 8 nitrogen and oxygen atoms in total.